The van der Waals surface area contributed by atoms with Gasteiger partial charge >= 0.3 is 18.3 Å². The van der Waals surface area contributed by atoms with E-state index in [9.17, 15) is 19.2 Å². The van der Waals surface area contributed by atoms with Crippen LogP contribution in [0.1, 0.15) is 139 Å². The summed E-state index contributed by atoms with van der Waals surface area (Å²) in [6, 6.07) is 11.0. The highest BCUT2D eigenvalue weighted by molar-refractivity contribution is 7.10. The van der Waals surface area contributed by atoms with Crippen molar-refractivity contribution in [3.63, 3.8) is 0 Å². The number of aromatic nitrogens is 8. The molecule has 25 heteroatoms. The van der Waals surface area contributed by atoms with Crippen LogP contribution in [0, 0.1) is 13.8 Å². The van der Waals surface area contributed by atoms with E-state index in [1.807, 2.05) is 79.7 Å². The Bertz CT molecular complexity index is 3570. The number of fused-ring (bicyclic) bond motifs is 2. The van der Waals surface area contributed by atoms with Gasteiger partial charge in [0.05, 0.1) is 47.7 Å². The third-order valence-corrected chi connectivity index (χ3v) is 14.3. The fourth-order valence-electron chi connectivity index (χ4n) is 9.23. The lowest BCUT2D eigenvalue weighted by Crippen LogP contribution is -2.42. The number of ether oxygens (including phenoxy) is 3. The number of hydrogen-bond acceptors (Lipinski definition) is 20. The lowest BCUT2D eigenvalue weighted by molar-refractivity contribution is 0.0187. The van der Waals surface area contributed by atoms with E-state index in [-0.39, 0.29) is 29.8 Å². The van der Waals surface area contributed by atoms with Gasteiger partial charge in [-0.1, -0.05) is 5.16 Å². The number of likely N-dealkylation sites (tertiary alicyclic amines) is 2. The number of oxime groups is 1. The van der Waals surface area contributed by atoms with Crippen LogP contribution >= 0.6 is 23.1 Å². The number of furan rings is 2. The maximum Gasteiger partial charge on any atom is 0.421 e. The van der Waals surface area contributed by atoms with Crippen LogP contribution in [0.5, 0.6) is 0 Å². The summed E-state index contributed by atoms with van der Waals surface area (Å²) in [5.41, 5.74) is 5.12. The van der Waals surface area contributed by atoms with Crippen molar-refractivity contribution in [3.8, 4) is 22.3 Å². The molecule has 2 aliphatic heterocycles. The predicted octanol–water partition coefficient (Wildman–Crippen LogP) is 12.2. The zero-order valence-corrected chi connectivity index (χ0v) is 48.2. The topological polar surface area (TPSA) is 263 Å². The van der Waals surface area contributed by atoms with Crippen molar-refractivity contribution in [2.45, 2.75) is 130 Å². The summed E-state index contributed by atoms with van der Waals surface area (Å²) in [6.45, 7) is 22.5. The quantitative estimate of drug-likeness (QED) is 0.0424. The van der Waals surface area contributed by atoms with Crippen LogP contribution in [0.15, 0.2) is 75.3 Å². The molecule has 0 bridgehead atoms. The summed E-state index contributed by atoms with van der Waals surface area (Å²) in [6.07, 6.45) is 10.2. The van der Waals surface area contributed by atoms with Crippen LogP contribution < -0.4 is 10.2 Å². The number of carbonyl (C=O) groups is 4. The maximum absolute atomic E-state index is 13.8. The normalized spacial score (nSPS) is 16.2. The molecule has 80 heavy (non-hydrogen) atoms. The first-order valence-electron chi connectivity index (χ1n) is 26.1. The van der Waals surface area contributed by atoms with Gasteiger partial charge in [-0.2, -0.15) is 28.0 Å². The molecule has 8 aromatic heterocycles. The second-order valence-corrected chi connectivity index (χ2v) is 24.2. The molecule has 2 aliphatic rings. The van der Waals surface area contributed by atoms with E-state index in [2.05, 4.69) is 29.4 Å². The van der Waals surface area contributed by atoms with E-state index < -0.39 is 22.9 Å². The van der Waals surface area contributed by atoms with Gasteiger partial charge in [0.2, 0.25) is 0 Å². The van der Waals surface area contributed by atoms with Crippen LogP contribution in [0.2, 0.25) is 0 Å². The van der Waals surface area contributed by atoms with Gasteiger partial charge in [-0.3, -0.25) is 4.79 Å². The van der Waals surface area contributed by atoms with Gasteiger partial charge in [0, 0.05) is 72.4 Å². The van der Waals surface area contributed by atoms with E-state index in [0.717, 1.165) is 64.7 Å². The van der Waals surface area contributed by atoms with Crippen molar-refractivity contribution in [3.05, 3.63) is 95.6 Å². The third kappa shape index (κ3) is 13.3. The van der Waals surface area contributed by atoms with Gasteiger partial charge < -0.3 is 43.4 Å². The molecule has 0 spiro atoms. The molecule has 8 aromatic rings. The highest BCUT2D eigenvalue weighted by Gasteiger charge is 2.35. The highest BCUT2D eigenvalue weighted by Crippen LogP contribution is 2.39. The molecule has 422 valence electrons. The van der Waals surface area contributed by atoms with Gasteiger partial charge in [-0.05, 0) is 149 Å². The van der Waals surface area contributed by atoms with Gasteiger partial charge in [-0.25, -0.2) is 29.3 Å². The molecule has 10 rings (SSSR count). The Kier molecular flexibility index (Phi) is 16.2. The number of carbonyl (C=O) groups excluding carboxylic acids is 4. The Balaban J connectivity index is 0.000000197. The first-order valence-corrected chi connectivity index (χ1v) is 27.7. The lowest BCUT2D eigenvalue weighted by atomic mass is 9.94. The summed E-state index contributed by atoms with van der Waals surface area (Å²) >= 11 is 2.54. The van der Waals surface area contributed by atoms with Gasteiger partial charge in [0.25, 0.3) is 0 Å². The number of anilines is 4. The minimum absolute atomic E-state index is 0.0256. The second kappa shape index (κ2) is 22.9. The summed E-state index contributed by atoms with van der Waals surface area (Å²) < 4.78 is 40.1. The first kappa shape index (κ1) is 56.5. The molecule has 2 atom stereocenters. The molecule has 2 saturated heterocycles. The SMILES string of the molecule is Cc1cc(N(C(=O)OC(C)(C)C)c2cc(C3CCCN(C(=O)OC(C)(C)C)C3)nc3c(-c4coc(C=NO)c4)cnn23)sn1.Cc1cc(Nc2cc(C3CCCN(C(=O)OC(C)(C)C)C3)nc3c(-c4coc(C=O)c4)cnn23)sn1. The second-order valence-electron chi connectivity index (χ2n) is 22.6. The van der Waals surface area contributed by atoms with Gasteiger partial charge in [-0.15, -0.1) is 0 Å². The highest BCUT2D eigenvalue weighted by atomic mass is 32.1. The fraction of sp³-hybridized carbons (Fsp3) is 0.436. The fourth-order valence-corrected chi connectivity index (χ4v) is 10.7. The summed E-state index contributed by atoms with van der Waals surface area (Å²) in [5.74, 6) is 1.60. The third-order valence-electron chi connectivity index (χ3n) is 12.6. The Morgan fingerprint density at radius 1 is 0.713 bits per heavy atom. The average molecular weight is 1130 g/mol. The lowest BCUT2D eigenvalue weighted by Gasteiger charge is -2.34. The Morgan fingerprint density at radius 2 is 1.24 bits per heavy atom. The maximum atomic E-state index is 13.8. The Hall–Kier alpha value is -8.19. The van der Waals surface area contributed by atoms with Crippen molar-refractivity contribution in [2.75, 3.05) is 36.4 Å². The van der Waals surface area contributed by atoms with Crippen molar-refractivity contribution in [2.24, 2.45) is 5.16 Å². The van der Waals surface area contributed by atoms with Crippen molar-refractivity contribution in [1.29, 1.82) is 0 Å². The number of piperidine rings is 2. The number of amides is 3. The average Bonchev–Trinajstić information content (AvgIpc) is 4.27. The van der Waals surface area contributed by atoms with Crippen molar-refractivity contribution < 1.29 is 47.4 Å². The summed E-state index contributed by atoms with van der Waals surface area (Å²) in [5, 5.41) is 26.1. The molecule has 0 aliphatic carbocycles. The van der Waals surface area contributed by atoms with Crippen LogP contribution in [0.4, 0.5) is 36.0 Å². The molecular formula is C55H65N13O10S2. The smallest absolute Gasteiger partial charge is 0.421 e. The minimum atomic E-state index is -0.766. The standard InChI is InChI=1S/C30H37N7O6S.C25H28N6O4S/c1-18-11-25(44-34-18)36(28(39)43-30(5,6)7)24-13-23(19-9-8-10-35(16-19)27(38)42-29(2,3)4)33-26-22(15-31-37(24)26)20-12-21(14-32-40)41-17-20;1-15-8-22(36-29-15)28-21-10-20(16-6-5-7-30(12-16)24(33)35-25(2,3)4)27-23-19(11-26-31(21)23)17-9-18(13-32)34-14-17/h11-15,17,19,40H,8-10,16H2,1-7H3;8-11,13-14,16,28H,5-7,12H2,1-4H3. The summed E-state index contributed by atoms with van der Waals surface area (Å²) in [4.78, 5) is 65.7. The van der Waals surface area contributed by atoms with Crippen LogP contribution in [-0.4, -0.2) is 127 Å². The largest absolute Gasteiger partial charge is 0.463 e. The molecule has 0 aromatic carbocycles. The predicted molar refractivity (Wildman–Crippen MR) is 301 cm³/mol. The molecule has 0 saturated carbocycles. The molecule has 23 nitrogen and oxygen atoms in total. The molecule has 2 N–H and O–H groups in total. The first-order chi connectivity index (χ1) is 37.9. The van der Waals surface area contributed by atoms with E-state index in [1.54, 1.807) is 64.1 Å². The number of aryl methyl sites for hydroxylation is 2. The molecule has 2 fully saturated rings. The van der Waals surface area contributed by atoms with Crippen LogP contribution in [0.25, 0.3) is 33.5 Å². The molecule has 2 unspecified atom stereocenters. The van der Waals surface area contributed by atoms with Gasteiger partial charge in [0.15, 0.2) is 23.3 Å². The Labute approximate surface area is 469 Å². The summed E-state index contributed by atoms with van der Waals surface area (Å²) in [7, 11) is 0. The van der Waals surface area contributed by atoms with Crippen LogP contribution in [0.3, 0.4) is 0 Å². The number of rotatable bonds is 10. The monoisotopic (exact) mass is 1130 g/mol. The molecule has 10 heterocycles. The minimum Gasteiger partial charge on any atom is -0.463 e. The van der Waals surface area contributed by atoms with E-state index >= 15 is 0 Å². The van der Waals surface area contributed by atoms with E-state index in [4.69, 9.17) is 38.2 Å². The number of aldehydes is 1. The number of hydrogen-bond donors (Lipinski definition) is 2. The molecule has 0 radical (unpaired) electrons. The van der Waals surface area contributed by atoms with Gasteiger partial charge in [0.1, 0.15) is 50.4 Å². The number of nitrogens with zero attached hydrogens (tertiary/aromatic N) is 12. The Morgan fingerprint density at radius 3 is 1.75 bits per heavy atom. The van der Waals surface area contributed by atoms with E-state index in [1.165, 1.54) is 46.7 Å². The van der Waals surface area contributed by atoms with Crippen LogP contribution in [-0.2, 0) is 14.2 Å². The number of nitrogens with one attached hydrogen (secondary N) is 1. The zero-order valence-electron chi connectivity index (χ0n) is 46.5. The van der Waals surface area contributed by atoms with Crippen molar-refractivity contribution in [1.82, 2.24) is 47.7 Å². The molecular weight excluding hydrogens is 1070 g/mol. The van der Waals surface area contributed by atoms with E-state index in [0.29, 0.717) is 77.2 Å². The zero-order chi connectivity index (χ0) is 57.3. The molecule has 3 amide bonds. The van der Waals surface area contributed by atoms with Crippen molar-refractivity contribution >= 4 is 86.8 Å².